The Kier molecular flexibility index (Phi) is 9.84. The summed E-state index contributed by atoms with van der Waals surface area (Å²) in [5.74, 6) is -0.481. The van der Waals surface area contributed by atoms with Crippen LogP contribution in [0.15, 0.2) is 30.1 Å². The van der Waals surface area contributed by atoms with Crippen LogP contribution < -0.4 is 15.0 Å². The number of halogens is 4. The molecule has 1 saturated carbocycles. The van der Waals surface area contributed by atoms with Crippen LogP contribution in [-0.4, -0.2) is 78.8 Å². The molecule has 3 saturated heterocycles. The lowest BCUT2D eigenvalue weighted by Crippen LogP contribution is -2.46. The second-order valence-electron chi connectivity index (χ2n) is 17.3. The summed E-state index contributed by atoms with van der Waals surface area (Å²) in [6, 6.07) is 6.01. The number of fused-ring (bicyclic) bond motifs is 5. The minimum absolute atomic E-state index is 0.0136. The number of nitriles is 1. The Hall–Kier alpha value is -3.94. The summed E-state index contributed by atoms with van der Waals surface area (Å²) in [4.78, 5) is 25.5. The van der Waals surface area contributed by atoms with Crippen LogP contribution in [0.25, 0.3) is 32.1 Å². The maximum atomic E-state index is 17.4. The standard InChI is InChI=1S/C40H44ClF3N6O4SSi/c1-39(2,3)56(4,5)54-29-12-21-11-23(29)19-49(17-21)35-25-13-27(41)31(24-7-8-28(43)34-30(24)26(16-45)36(55-34)48-38(51)52)32(44)33(25)46-37(47-35)53-20-40-9-6-10-50(40)18-22(14-40)15-42/h7-8,13,15,21,23,29,48H,6,9-12,14,17-20H2,1-5H3,(H,51,52)/b22-15-/t21-,23-,29-,40?/m1/s1. The van der Waals surface area contributed by atoms with E-state index in [1.54, 1.807) is 6.07 Å². The van der Waals surface area contributed by atoms with Gasteiger partial charge < -0.3 is 19.2 Å². The van der Waals surface area contributed by atoms with Gasteiger partial charge >= 0.3 is 12.1 Å². The van der Waals surface area contributed by atoms with Crippen LogP contribution in [0.4, 0.5) is 28.8 Å². The number of carbonyl (C=O) groups is 1. The fourth-order valence-corrected chi connectivity index (χ4v) is 11.9. The van der Waals surface area contributed by atoms with Gasteiger partial charge in [0.25, 0.3) is 0 Å². The Bertz CT molecular complexity index is 2350. The lowest BCUT2D eigenvalue weighted by atomic mass is 9.94. The Morgan fingerprint density at radius 1 is 1.25 bits per heavy atom. The molecule has 3 aliphatic heterocycles. The second kappa shape index (κ2) is 14.2. The fourth-order valence-electron chi connectivity index (χ4n) is 9.12. The van der Waals surface area contributed by atoms with Crippen molar-refractivity contribution in [2.24, 2.45) is 11.8 Å². The maximum absolute atomic E-state index is 17.4. The number of benzene rings is 2. The van der Waals surface area contributed by atoms with E-state index in [-0.39, 0.29) is 72.0 Å². The van der Waals surface area contributed by atoms with E-state index in [4.69, 9.17) is 25.7 Å². The van der Waals surface area contributed by atoms with Crippen LogP contribution in [0.2, 0.25) is 23.2 Å². The summed E-state index contributed by atoms with van der Waals surface area (Å²) in [5, 5.41) is 22.0. The summed E-state index contributed by atoms with van der Waals surface area (Å²) in [6.07, 6.45) is 3.55. The van der Waals surface area contributed by atoms with Gasteiger partial charge in [0, 0.05) is 48.0 Å². The highest BCUT2D eigenvalue weighted by molar-refractivity contribution is 7.23. The predicted molar refractivity (Wildman–Crippen MR) is 215 cm³/mol. The van der Waals surface area contributed by atoms with Gasteiger partial charge in [0.1, 0.15) is 34.8 Å². The molecule has 4 aromatic rings. The smallest absolute Gasteiger partial charge is 0.409 e. The van der Waals surface area contributed by atoms with E-state index in [9.17, 15) is 19.6 Å². The Morgan fingerprint density at radius 2 is 2.04 bits per heavy atom. The summed E-state index contributed by atoms with van der Waals surface area (Å²) in [7, 11) is -2.06. The lowest BCUT2D eigenvalue weighted by Gasteiger charge is -2.40. The van der Waals surface area contributed by atoms with Gasteiger partial charge in [0.15, 0.2) is 14.1 Å². The summed E-state index contributed by atoms with van der Waals surface area (Å²) >= 11 is 7.72. The number of nitrogens with zero attached hydrogens (tertiary/aromatic N) is 5. The van der Waals surface area contributed by atoms with Gasteiger partial charge in [-0.05, 0) is 86.0 Å². The fraction of sp³-hybridized carbons (Fsp3) is 0.500. The number of ether oxygens (including phenoxy) is 1. The van der Waals surface area contributed by atoms with E-state index in [0.717, 1.165) is 49.6 Å². The zero-order valence-electron chi connectivity index (χ0n) is 31.9. The van der Waals surface area contributed by atoms with Crippen molar-refractivity contribution >= 4 is 69.2 Å². The minimum atomic E-state index is -2.06. The molecule has 2 aromatic carbocycles. The van der Waals surface area contributed by atoms with Gasteiger partial charge in [-0.1, -0.05) is 38.4 Å². The molecule has 2 N–H and O–H groups in total. The molecule has 1 unspecified atom stereocenters. The van der Waals surface area contributed by atoms with Crippen molar-refractivity contribution in [3.8, 4) is 23.2 Å². The molecule has 4 atom stereocenters. The van der Waals surface area contributed by atoms with Gasteiger partial charge in [-0.15, -0.1) is 11.3 Å². The molecule has 2 aromatic heterocycles. The number of amides is 1. The normalized spacial score (nSPS) is 24.7. The van der Waals surface area contributed by atoms with Gasteiger partial charge in [0.05, 0.1) is 27.2 Å². The average Bonchev–Trinajstić information content (AvgIpc) is 3.87. The molecular weight excluding hydrogens is 781 g/mol. The van der Waals surface area contributed by atoms with Gasteiger partial charge in [0.2, 0.25) is 0 Å². The first-order valence-corrected chi connectivity index (χ1v) is 23.1. The first-order valence-electron chi connectivity index (χ1n) is 19.0. The Morgan fingerprint density at radius 3 is 2.75 bits per heavy atom. The zero-order chi connectivity index (χ0) is 39.9. The summed E-state index contributed by atoms with van der Waals surface area (Å²) in [5.41, 5.74) is 0.0522. The van der Waals surface area contributed by atoms with Crippen molar-refractivity contribution in [3.05, 3.63) is 52.3 Å². The number of piperidine rings is 1. The number of hydrogen-bond acceptors (Lipinski definition) is 9. The monoisotopic (exact) mass is 824 g/mol. The summed E-state index contributed by atoms with van der Waals surface area (Å²) < 4.78 is 59.7. The third-order valence-corrected chi connectivity index (χ3v) is 18.7. The molecule has 4 fully saturated rings. The Balaban J connectivity index is 1.24. The topological polar surface area (TPSA) is 124 Å². The van der Waals surface area contributed by atoms with Crippen LogP contribution >= 0.6 is 22.9 Å². The van der Waals surface area contributed by atoms with Gasteiger partial charge in [-0.25, -0.2) is 18.0 Å². The highest BCUT2D eigenvalue weighted by atomic mass is 35.5. The molecule has 1 aliphatic carbocycles. The van der Waals surface area contributed by atoms with Crippen molar-refractivity contribution in [2.75, 3.05) is 43.0 Å². The third kappa shape index (κ3) is 6.60. The Labute approximate surface area is 333 Å². The van der Waals surface area contributed by atoms with Crippen LogP contribution in [0.1, 0.15) is 58.4 Å². The average molecular weight is 825 g/mol. The molecular formula is C40H44ClF3N6O4SSi. The van der Waals surface area contributed by atoms with E-state index in [0.29, 0.717) is 55.1 Å². The minimum Gasteiger partial charge on any atom is -0.465 e. The number of rotatable bonds is 8. The highest BCUT2D eigenvalue weighted by Crippen LogP contribution is 2.49. The molecule has 8 rings (SSSR count). The largest absolute Gasteiger partial charge is 0.465 e. The lowest BCUT2D eigenvalue weighted by molar-refractivity contribution is 0.108. The van der Waals surface area contributed by atoms with Crippen molar-refractivity contribution in [2.45, 2.75) is 82.7 Å². The molecule has 0 spiro atoms. The summed E-state index contributed by atoms with van der Waals surface area (Å²) in [6.45, 7) is 14.1. The van der Waals surface area contributed by atoms with Crippen molar-refractivity contribution < 1.29 is 32.2 Å². The molecule has 1 amide bonds. The van der Waals surface area contributed by atoms with E-state index in [2.05, 4.69) is 54.0 Å². The van der Waals surface area contributed by atoms with E-state index >= 15 is 8.78 Å². The van der Waals surface area contributed by atoms with Crippen LogP contribution in [0.3, 0.4) is 0 Å². The molecule has 5 heterocycles. The number of hydrogen-bond donors (Lipinski definition) is 2. The van der Waals surface area contributed by atoms with E-state index in [1.165, 1.54) is 6.07 Å². The molecule has 16 heteroatoms. The maximum Gasteiger partial charge on any atom is 0.409 e. The van der Waals surface area contributed by atoms with Crippen LogP contribution in [-0.2, 0) is 4.43 Å². The van der Waals surface area contributed by atoms with E-state index in [1.807, 2.05) is 6.07 Å². The highest BCUT2D eigenvalue weighted by Gasteiger charge is 2.49. The van der Waals surface area contributed by atoms with Crippen molar-refractivity contribution in [1.82, 2.24) is 14.9 Å². The van der Waals surface area contributed by atoms with Crippen molar-refractivity contribution in [1.29, 1.82) is 5.26 Å². The zero-order valence-corrected chi connectivity index (χ0v) is 34.5. The number of carboxylic acid groups (broad SMARTS) is 1. The van der Waals surface area contributed by atoms with Gasteiger partial charge in [-0.3, -0.25) is 10.2 Å². The number of thiophene rings is 1. The molecule has 56 heavy (non-hydrogen) atoms. The van der Waals surface area contributed by atoms with Crippen LogP contribution in [0, 0.1) is 34.8 Å². The quantitative estimate of drug-likeness (QED) is 0.167. The predicted octanol–water partition coefficient (Wildman–Crippen LogP) is 10.1. The molecule has 4 aliphatic rings. The third-order valence-electron chi connectivity index (χ3n) is 12.8. The molecule has 296 valence electrons. The second-order valence-corrected chi connectivity index (χ2v) is 23.5. The SMILES string of the molecule is CC(C)(C)[Si](C)(C)O[C@@H]1C[C@H]2C[C@@H]1CN(c1nc(OCC34CCCN3C/C(=C\F)C4)nc3c(F)c(-c4ccc(F)c5sc(NC(=O)O)c(C#N)c45)c(Cl)cc13)C2. The molecule has 0 radical (unpaired) electrons. The van der Waals surface area contributed by atoms with Gasteiger partial charge in [-0.2, -0.15) is 15.2 Å². The molecule has 2 bridgehead atoms. The van der Waals surface area contributed by atoms with E-state index < -0.39 is 31.6 Å². The number of aromatic nitrogens is 2. The number of nitrogens with one attached hydrogen (secondary N) is 1. The molecule has 10 nitrogen and oxygen atoms in total. The van der Waals surface area contributed by atoms with Crippen LogP contribution in [0.5, 0.6) is 6.01 Å². The number of anilines is 2. The first-order chi connectivity index (χ1) is 26.5. The first kappa shape index (κ1) is 38.9. The van der Waals surface area contributed by atoms with Crippen molar-refractivity contribution in [3.63, 3.8) is 0 Å².